The number of carbonyl (C=O) groups is 5. The van der Waals surface area contributed by atoms with E-state index in [0.717, 1.165) is 16.5 Å². The SMILES string of the molecule is CSCCC(NC(=O)C(N)CC(N)=O)C(=O)NC(Cc1c[nH]c2ccccc12)C(=O)NC(C(=O)O)C(C)C. The molecule has 0 saturated carbocycles. The van der Waals surface area contributed by atoms with E-state index in [1.165, 1.54) is 11.8 Å². The number of hydrogen-bond donors (Lipinski definition) is 7. The van der Waals surface area contributed by atoms with Crippen LogP contribution in [0.25, 0.3) is 10.9 Å². The van der Waals surface area contributed by atoms with Crippen LogP contribution in [0.15, 0.2) is 30.5 Å². The van der Waals surface area contributed by atoms with Crippen LogP contribution >= 0.6 is 11.8 Å². The first-order valence-corrected chi connectivity index (χ1v) is 13.6. The second-order valence-electron chi connectivity index (χ2n) is 9.31. The summed E-state index contributed by atoms with van der Waals surface area (Å²) in [5.74, 6) is -3.89. The van der Waals surface area contributed by atoms with Gasteiger partial charge in [0.2, 0.25) is 23.6 Å². The number of para-hydroxylation sites is 1. The zero-order valence-electron chi connectivity index (χ0n) is 21.7. The summed E-state index contributed by atoms with van der Waals surface area (Å²) in [6, 6.07) is 2.85. The molecule has 4 unspecified atom stereocenters. The highest BCUT2D eigenvalue weighted by Crippen LogP contribution is 2.19. The minimum atomic E-state index is -1.23. The monoisotopic (exact) mass is 548 g/mol. The number of primary amides is 1. The molecular formula is C25H36N6O6S. The van der Waals surface area contributed by atoms with Crippen LogP contribution in [0.3, 0.4) is 0 Å². The van der Waals surface area contributed by atoms with Gasteiger partial charge >= 0.3 is 5.97 Å². The number of rotatable bonds is 15. The maximum Gasteiger partial charge on any atom is 0.326 e. The molecule has 0 aliphatic heterocycles. The molecule has 4 atom stereocenters. The molecule has 13 heteroatoms. The van der Waals surface area contributed by atoms with Gasteiger partial charge in [0.05, 0.1) is 12.5 Å². The molecule has 1 aromatic heterocycles. The number of benzene rings is 1. The Hall–Kier alpha value is -3.58. The molecule has 12 nitrogen and oxygen atoms in total. The van der Waals surface area contributed by atoms with Gasteiger partial charge in [0.15, 0.2) is 0 Å². The largest absolute Gasteiger partial charge is 0.480 e. The number of thioether (sulfide) groups is 1. The van der Waals surface area contributed by atoms with Gasteiger partial charge < -0.3 is 37.5 Å². The molecule has 4 amide bonds. The number of nitrogens with one attached hydrogen (secondary N) is 4. The maximum absolute atomic E-state index is 13.3. The highest BCUT2D eigenvalue weighted by Gasteiger charge is 2.32. The number of aromatic amines is 1. The Morgan fingerprint density at radius 3 is 2.24 bits per heavy atom. The zero-order valence-corrected chi connectivity index (χ0v) is 22.5. The predicted molar refractivity (Wildman–Crippen MR) is 145 cm³/mol. The predicted octanol–water partition coefficient (Wildman–Crippen LogP) is -0.139. The molecule has 1 aromatic carbocycles. The lowest BCUT2D eigenvalue weighted by molar-refractivity contribution is -0.143. The van der Waals surface area contributed by atoms with Gasteiger partial charge in [-0.25, -0.2) is 4.79 Å². The van der Waals surface area contributed by atoms with Crippen molar-refractivity contribution in [1.29, 1.82) is 0 Å². The van der Waals surface area contributed by atoms with Crippen molar-refractivity contribution in [2.45, 2.75) is 57.3 Å². The van der Waals surface area contributed by atoms with E-state index in [1.54, 1.807) is 20.0 Å². The Morgan fingerprint density at radius 2 is 1.63 bits per heavy atom. The van der Waals surface area contributed by atoms with Crippen LogP contribution in [-0.2, 0) is 30.4 Å². The molecule has 2 rings (SSSR count). The van der Waals surface area contributed by atoms with E-state index in [2.05, 4.69) is 20.9 Å². The number of amides is 4. The van der Waals surface area contributed by atoms with Crippen molar-refractivity contribution < 1.29 is 29.1 Å². The van der Waals surface area contributed by atoms with Crippen molar-refractivity contribution in [3.8, 4) is 0 Å². The number of carboxylic acids is 1. The van der Waals surface area contributed by atoms with Gasteiger partial charge in [-0.15, -0.1) is 0 Å². The van der Waals surface area contributed by atoms with Crippen molar-refractivity contribution in [3.05, 3.63) is 36.0 Å². The molecule has 0 radical (unpaired) electrons. The van der Waals surface area contributed by atoms with E-state index < -0.39 is 59.7 Å². The summed E-state index contributed by atoms with van der Waals surface area (Å²) in [5.41, 5.74) is 12.4. The Bertz CT molecular complexity index is 1150. The van der Waals surface area contributed by atoms with Gasteiger partial charge in [-0.1, -0.05) is 32.0 Å². The van der Waals surface area contributed by atoms with Crippen LogP contribution in [0.5, 0.6) is 0 Å². The average Bonchev–Trinajstić information content (AvgIpc) is 3.26. The van der Waals surface area contributed by atoms with Crippen molar-refractivity contribution >= 4 is 52.3 Å². The first kappa shape index (κ1) is 30.6. The molecule has 0 aliphatic carbocycles. The highest BCUT2D eigenvalue weighted by molar-refractivity contribution is 7.98. The number of hydrogen-bond acceptors (Lipinski definition) is 7. The maximum atomic E-state index is 13.3. The molecule has 0 bridgehead atoms. The Balaban J connectivity index is 2.31. The number of H-pyrrole nitrogens is 1. The van der Waals surface area contributed by atoms with Crippen molar-refractivity contribution in [2.75, 3.05) is 12.0 Å². The summed E-state index contributed by atoms with van der Waals surface area (Å²) in [7, 11) is 0. The summed E-state index contributed by atoms with van der Waals surface area (Å²) >= 11 is 1.45. The van der Waals surface area contributed by atoms with Gasteiger partial charge in [0.1, 0.15) is 18.1 Å². The van der Waals surface area contributed by atoms with Crippen LogP contribution < -0.4 is 27.4 Å². The molecule has 0 aliphatic rings. The third-order valence-corrected chi connectivity index (χ3v) is 6.61. The fraction of sp³-hybridized carbons (Fsp3) is 0.480. The van der Waals surface area contributed by atoms with Crippen molar-refractivity contribution in [2.24, 2.45) is 17.4 Å². The molecule has 38 heavy (non-hydrogen) atoms. The van der Waals surface area contributed by atoms with Crippen LogP contribution in [0, 0.1) is 5.92 Å². The minimum absolute atomic E-state index is 0.0659. The number of aromatic nitrogens is 1. The normalized spacial score (nSPS) is 14.3. The molecule has 1 heterocycles. The minimum Gasteiger partial charge on any atom is -0.480 e. The molecule has 0 spiro atoms. The topological polar surface area (TPSA) is 209 Å². The number of nitrogens with two attached hydrogens (primary N) is 2. The highest BCUT2D eigenvalue weighted by atomic mass is 32.2. The first-order valence-electron chi connectivity index (χ1n) is 12.2. The van der Waals surface area contributed by atoms with E-state index in [4.69, 9.17) is 11.5 Å². The summed E-state index contributed by atoms with van der Waals surface area (Å²) < 4.78 is 0. The average molecular weight is 549 g/mol. The fourth-order valence-electron chi connectivity index (χ4n) is 3.86. The molecule has 9 N–H and O–H groups in total. The zero-order chi connectivity index (χ0) is 28.4. The Morgan fingerprint density at radius 1 is 1.00 bits per heavy atom. The summed E-state index contributed by atoms with van der Waals surface area (Å²) in [4.78, 5) is 65.1. The number of aliphatic carboxylic acids is 1. The first-order chi connectivity index (χ1) is 17.9. The van der Waals surface area contributed by atoms with Crippen LogP contribution in [-0.4, -0.2) is 75.9 Å². The molecular weight excluding hydrogens is 512 g/mol. The standard InChI is InChI=1S/C25H36N6O6S/c1-13(2)21(25(36)37)31-24(35)19(10-14-12-28-17-7-5-4-6-15(14)17)30-23(34)18(8-9-38-3)29-22(33)16(26)11-20(27)32/h4-7,12-13,16,18-19,21,28H,8-11,26H2,1-3H3,(H2,27,32)(H,29,33)(H,30,34)(H,31,35)(H,36,37). The smallest absolute Gasteiger partial charge is 0.326 e. The third-order valence-electron chi connectivity index (χ3n) is 5.96. The molecule has 208 valence electrons. The van der Waals surface area contributed by atoms with E-state index in [1.807, 2.05) is 30.5 Å². The van der Waals surface area contributed by atoms with E-state index >= 15 is 0 Å². The fourth-order valence-corrected chi connectivity index (χ4v) is 4.33. The van der Waals surface area contributed by atoms with Gasteiger partial charge in [0, 0.05) is 23.5 Å². The van der Waals surface area contributed by atoms with E-state index in [-0.39, 0.29) is 19.3 Å². The lowest BCUT2D eigenvalue weighted by Crippen LogP contribution is -2.58. The van der Waals surface area contributed by atoms with Crippen LogP contribution in [0.4, 0.5) is 0 Å². The number of fused-ring (bicyclic) bond motifs is 1. The Kier molecular flexibility index (Phi) is 11.6. The van der Waals surface area contributed by atoms with Crippen LogP contribution in [0.2, 0.25) is 0 Å². The van der Waals surface area contributed by atoms with Crippen molar-refractivity contribution in [3.63, 3.8) is 0 Å². The van der Waals surface area contributed by atoms with Gasteiger partial charge in [-0.3, -0.25) is 19.2 Å². The lowest BCUT2D eigenvalue weighted by atomic mass is 10.0. The van der Waals surface area contributed by atoms with Gasteiger partial charge in [0.25, 0.3) is 0 Å². The number of carbonyl (C=O) groups excluding carboxylic acids is 4. The van der Waals surface area contributed by atoms with Gasteiger partial charge in [-0.05, 0) is 36.0 Å². The second-order valence-corrected chi connectivity index (χ2v) is 10.3. The molecule has 2 aromatic rings. The quantitative estimate of drug-likeness (QED) is 0.159. The van der Waals surface area contributed by atoms with E-state index in [9.17, 15) is 29.1 Å². The third kappa shape index (κ3) is 8.77. The lowest BCUT2D eigenvalue weighted by Gasteiger charge is -2.26. The number of carboxylic acid groups (broad SMARTS) is 1. The summed E-state index contributed by atoms with van der Waals surface area (Å²) in [6.07, 6.45) is 3.47. The molecule has 0 fully saturated rings. The van der Waals surface area contributed by atoms with Crippen LogP contribution in [0.1, 0.15) is 32.3 Å². The summed E-state index contributed by atoms with van der Waals surface area (Å²) in [5, 5.41) is 18.1. The Labute approximate surface area is 225 Å². The molecule has 0 saturated heterocycles. The van der Waals surface area contributed by atoms with Gasteiger partial charge in [-0.2, -0.15) is 11.8 Å². The van der Waals surface area contributed by atoms with E-state index in [0.29, 0.717) is 5.75 Å². The van der Waals surface area contributed by atoms with Crippen molar-refractivity contribution in [1.82, 2.24) is 20.9 Å². The second kappa shape index (κ2) is 14.4. The summed E-state index contributed by atoms with van der Waals surface area (Å²) in [6.45, 7) is 3.32.